The van der Waals surface area contributed by atoms with Gasteiger partial charge in [-0.15, -0.1) is 0 Å². The van der Waals surface area contributed by atoms with Crippen molar-refractivity contribution in [1.29, 1.82) is 0 Å². The van der Waals surface area contributed by atoms with Crippen molar-refractivity contribution in [2.24, 2.45) is 7.05 Å². The molecule has 0 fully saturated rings. The van der Waals surface area contributed by atoms with Gasteiger partial charge in [0.15, 0.2) is 0 Å². The normalized spacial score (nSPS) is 11.1. The molecule has 1 aromatic carbocycles. The Morgan fingerprint density at radius 3 is 2.61 bits per heavy atom. The fourth-order valence-corrected chi connectivity index (χ4v) is 2.49. The van der Waals surface area contributed by atoms with Crippen molar-refractivity contribution in [2.45, 2.75) is 26.7 Å². The van der Waals surface area contributed by atoms with Crippen LogP contribution < -0.4 is 0 Å². The van der Waals surface area contributed by atoms with Crippen LogP contribution in [0.5, 0.6) is 0 Å². The van der Waals surface area contributed by atoms with Crippen molar-refractivity contribution in [1.82, 2.24) is 14.7 Å². The van der Waals surface area contributed by atoms with E-state index in [0.29, 0.717) is 12.2 Å². The van der Waals surface area contributed by atoms with Crippen LogP contribution >= 0.6 is 0 Å². The van der Waals surface area contributed by atoms with Crippen LogP contribution in [-0.2, 0) is 13.5 Å². The number of benzene rings is 1. The largest absolute Gasteiger partial charge is 0.334 e. The van der Waals surface area contributed by atoms with Crippen molar-refractivity contribution in [3.8, 4) is 0 Å². The number of aromatic nitrogens is 2. The van der Waals surface area contributed by atoms with Crippen molar-refractivity contribution < 1.29 is 4.79 Å². The fraction of sp³-hybridized carbons (Fsp3) is 0.368. The van der Waals surface area contributed by atoms with E-state index in [2.05, 4.69) is 30.2 Å². The summed E-state index contributed by atoms with van der Waals surface area (Å²) >= 11 is 0. The molecule has 23 heavy (non-hydrogen) atoms. The first kappa shape index (κ1) is 17.0. The molecule has 0 saturated carbocycles. The van der Waals surface area contributed by atoms with Gasteiger partial charge >= 0.3 is 0 Å². The molecule has 0 saturated heterocycles. The summed E-state index contributed by atoms with van der Waals surface area (Å²) in [6.07, 6.45) is 5.86. The van der Waals surface area contributed by atoms with Crippen LogP contribution in [0.1, 0.15) is 42.0 Å². The van der Waals surface area contributed by atoms with E-state index in [4.69, 9.17) is 0 Å². The zero-order valence-corrected chi connectivity index (χ0v) is 14.2. The Morgan fingerprint density at radius 1 is 1.26 bits per heavy atom. The van der Waals surface area contributed by atoms with Gasteiger partial charge in [0.05, 0.1) is 5.69 Å². The van der Waals surface area contributed by atoms with Gasteiger partial charge in [-0.1, -0.05) is 56.3 Å². The molecule has 4 nitrogen and oxygen atoms in total. The van der Waals surface area contributed by atoms with Gasteiger partial charge in [-0.3, -0.25) is 9.48 Å². The lowest BCUT2D eigenvalue weighted by Gasteiger charge is -2.20. The van der Waals surface area contributed by atoms with Gasteiger partial charge in [-0.25, -0.2) is 0 Å². The first-order chi connectivity index (χ1) is 11.2. The molecule has 0 bridgehead atoms. The number of aryl methyl sites for hydroxylation is 2. The molecule has 4 heteroatoms. The molecule has 0 atom stereocenters. The molecule has 0 aliphatic heterocycles. The van der Waals surface area contributed by atoms with E-state index < -0.39 is 0 Å². The van der Waals surface area contributed by atoms with E-state index in [9.17, 15) is 4.79 Å². The summed E-state index contributed by atoms with van der Waals surface area (Å²) in [6.45, 7) is 5.48. The van der Waals surface area contributed by atoms with E-state index in [1.807, 2.05) is 49.2 Å². The number of rotatable bonds is 7. The lowest BCUT2D eigenvalue weighted by Crippen LogP contribution is -2.33. The lowest BCUT2D eigenvalue weighted by atomic mass is 10.2. The molecular weight excluding hydrogens is 286 g/mol. The molecule has 0 spiro atoms. The predicted octanol–water partition coefficient (Wildman–Crippen LogP) is 3.55. The Kier molecular flexibility index (Phi) is 6.15. The van der Waals surface area contributed by atoms with Gasteiger partial charge in [-0.2, -0.15) is 5.10 Å². The van der Waals surface area contributed by atoms with Crippen LogP contribution in [0.25, 0.3) is 6.08 Å². The number of carbonyl (C=O) groups excluding carboxylic acids is 1. The molecule has 0 unspecified atom stereocenters. The van der Waals surface area contributed by atoms with Crippen LogP contribution in [0.15, 0.2) is 42.5 Å². The van der Waals surface area contributed by atoms with Crippen molar-refractivity contribution in [3.05, 3.63) is 59.4 Å². The highest BCUT2D eigenvalue weighted by atomic mass is 16.2. The summed E-state index contributed by atoms with van der Waals surface area (Å²) in [5.74, 6) is 0.0410. The predicted molar refractivity (Wildman–Crippen MR) is 94.3 cm³/mol. The number of amides is 1. The quantitative estimate of drug-likeness (QED) is 0.784. The molecule has 0 radical (unpaired) electrons. The Morgan fingerprint density at radius 2 is 2.00 bits per heavy atom. The third-order valence-corrected chi connectivity index (χ3v) is 3.73. The SMILES string of the molecule is CCCN(C/C=C/c1ccccc1)C(=O)c1cc(CC)nn1C. The Labute approximate surface area is 138 Å². The maximum absolute atomic E-state index is 12.8. The molecule has 1 heterocycles. The van der Waals surface area contributed by atoms with Gasteiger partial charge in [0.2, 0.25) is 0 Å². The minimum Gasteiger partial charge on any atom is -0.334 e. The standard InChI is InChI=1S/C19H25N3O/c1-4-13-22(14-9-12-16-10-7-6-8-11-16)19(23)18-15-17(5-2)20-21(18)3/h6-12,15H,4-5,13-14H2,1-3H3/b12-9+. The van der Waals surface area contributed by atoms with Crippen LogP contribution in [0.4, 0.5) is 0 Å². The monoisotopic (exact) mass is 311 g/mol. The molecule has 0 aliphatic rings. The second-order valence-electron chi connectivity index (χ2n) is 5.56. The van der Waals surface area contributed by atoms with Gasteiger partial charge in [0, 0.05) is 20.1 Å². The summed E-state index contributed by atoms with van der Waals surface area (Å²) in [7, 11) is 1.83. The van der Waals surface area contributed by atoms with E-state index >= 15 is 0 Å². The van der Waals surface area contributed by atoms with Crippen molar-refractivity contribution in [3.63, 3.8) is 0 Å². The molecule has 0 N–H and O–H groups in total. The highest BCUT2D eigenvalue weighted by molar-refractivity contribution is 5.92. The first-order valence-corrected chi connectivity index (χ1v) is 8.19. The summed E-state index contributed by atoms with van der Waals surface area (Å²) in [5, 5.41) is 4.37. The van der Waals surface area contributed by atoms with Gasteiger partial charge in [0.25, 0.3) is 5.91 Å². The molecule has 1 aromatic heterocycles. The number of carbonyl (C=O) groups is 1. The Balaban J connectivity index is 2.09. The van der Waals surface area contributed by atoms with Gasteiger partial charge in [-0.05, 0) is 24.5 Å². The van der Waals surface area contributed by atoms with E-state index in [0.717, 1.165) is 30.6 Å². The Bertz CT molecular complexity index is 659. The number of hydrogen-bond donors (Lipinski definition) is 0. The third kappa shape index (κ3) is 4.55. The summed E-state index contributed by atoms with van der Waals surface area (Å²) in [6, 6.07) is 12.0. The van der Waals surface area contributed by atoms with Crippen LogP contribution in [0.2, 0.25) is 0 Å². The third-order valence-electron chi connectivity index (χ3n) is 3.73. The molecule has 2 aromatic rings. The molecule has 1 amide bonds. The van der Waals surface area contributed by atoms with Crippen LogP contribution in [-0.4, -0.2) is 33.7 Å². The van der Waals surface area contributed by atoms with E-state index in [1.54, 1.807) is 4.68 Å². The maximum Gasteiger partial charge on any atom is 0.272 e. The second kappa shape index (κ2) is 8.32. The minimum absolute atomic E-state index is 0.0410. The molecule has 122 valence electrons. The highest BCUT2D eigenvalue weighted by Gasteiger charge is 2.18. The van der Waals surface area contributed by atoms with Crippen LogP contribution in [0, 0.1) is 0 Å². The average Bonchev–Trinajstić information content (AvgIpc) is 2.95. The topological polar surface area (TPSA) is 38.1 Å². The lowest BCUT2D eigenvalue weighted by molar-refractivity contribution is 0.0763. The zero-order chi connectivity index (χ0) is 16.7. The number of hydrogen-bond acceptors (Lipinski definition) is 2. The fourth-order valence-electron chi connectivity index (χ4n) is 2.49. The molecule has 2 rings (SSSR count). The zero-order valence-electron chi connectivity index (χ0n) is 14.2. The second-order valence-corrected chi connectivity index (χ2v) is 5.56. The van der Waals surface area contributed by atoms with E-state index in [1.165, 1.54) is 0 Å². The minimum atomic E-state index is 0.0410. The summed E-state index contributed by atoms with van der Waals surface area (Å²) in [5.41, 5.74) is 2.75. The van der Waals surface area contributed by atoms with Gasteiger partial charge in [0.1, 0.15) is 5.69 Å². The first-order valence-electron chi connectivity index (χ1n) is 8.19. The molecular formula is C19H25N3O. The molecule has 0 aliphatic carbocycles. The maximum atomic E-state index is 12.8. The average molecular weight is 311 g/mol. The Hall–Kier alpha value is -2.36. The summed E-state index contributed by atoms with van der Waals surface area (Å²) < 4.78 is 1.69. The highest BCUT2D eigenvalue weighted by Crippen LogP contribution is 2.09. The van der Waals surface area contributed by atoms with Crippen molar-refractivity contribution >= 4 is 12.0 Å². The van der Waals surface area contributed by atoms with E-state index in [-0.39, 0.29) is 5.91 Å². The smallest absolute Gasteiger partial charge is 0.272 e. The van der Waals surface area contributed by atoms with Crippen molar-refractivity contribution in [2.75, 3.05) is 13.1 Å². The number of nitrogens with zero attached hydrogens (tertiary/aromatic N) is 3. The van der Waals surface area contributed by atoms with Crippen LogP contribution in [0.3, 0.4) is 0 Å². The van der Waals surface area contributed by atoms with Gasteiger partial charge < -0.3 is 4.90 Å². The summed E-state index contributed by atoms with van der Waals surface area (Å²) in [4.78, 5) is 14.6.